The third kappa shape index (κ3) is 2.98. The van der Waals surface area contributed by atoms with E-state index in [-0.39, 0.29) is 0 Å². The summed E-state index contributed by atoms with van der Waals surface area (Å²) in [5, 5.41) is 0. The zero-order chi connectivity index (χ0) is 17.9. The molecule has 0 unspecified atom stereocenters. The molecule has 0 spiro atoms. The lowest BCUT2D eigenvalue weighted by molar-refractivity contribution is 1.07. The standard InChI is InChI=1S/C21H17N5/c22-17-13-7-12-16(18(17)23)21-25-19(14-8-3-1-4-9-14)24-20(26-21)15-10-5-2-6-11-15/h1-13H,22-23H2. The van der Waals surface area contributed by atoms with Crippen molar-refractivity contribution in [3.8, 4) is 34.2 Å². The molecule has 0 aliphatic rings. The second-order valence-electron chi connectivity index (χ2n) is 5.85. The first-order valence-electron chi connectivity index (χ1n) is 8.23. The Hall–Kier alpha value is -3.73. The summed E-state index contributed by atoms with van der Waals surface area (Å²) in [6, 6.07) is 25.1. The molecular formula is C21H17N5. The predicted octanol–water partition coefficient (Wildman–Crippen LogP) is 4.04. The van der Waals surface area contributed by atoms with Crippen molar-refractivity contribution in [3.05, 3.63) is 78.9 Å². The van der Waals surface area contributed by atoms with Gasteiger partial charge in [-0.15, -0.1) is 0 Å². The zero-order valence-corrected chi connectivity index (χ0v) is 14.0. The average molecular weight is 339 g/mol. The third-order valence-electron chi connectivity index (χ3n) is 4.08. The molecule has 0 bridgehead atoms. The van der Waals surface area contributed by atoms with E-state index in [1.807, 2.05) is 72.8 Å². The molecule has 5 heteroatoms. The maximum Gasteiger partial charge on any atom is 0.166 e. The highest BCUT2D eigenvalue weighted by atomic mass is 15.0. The quantitative estimate of drug-likeness (QED) is 0.550. The number of benzene rings is 3. The number of aromatic nitrogens is 3. The SMILES string of the molecule is Nc1cccc(-c2nc(-c3ccccc3)nc(-c3ccccc3)n2)c1N. The molecule has 0 amide bonds. The minimum absolute atomic E-state index is 0.469. The lowest BCUT2D eigenvalue weighted by atomic mass is 10.1. The summed E-state index contributed by atoms with van der Waals surface area (Å²) in [6.07, 6.45) is 0. The van der Waals surface area contributed by atoms with Crippen LogP contribution < -0.4 is 11.5 Å². The van der Waals surface area contributed by atoms with Gasteiger partial charge in [-0.1, -0.05) is 66.7 Å². The maximum atomic E-state index is 6.17. The second kappa shape index (κ2) is 6.64. The van der Waals surface area contributed by atoms with Gasteiger partial charge in [0.15, 0.2) is 17.5 Å². The van der Waals surface area contributed by atoms with Crippen LogP contribution >= 0.6 is 0 Å². The first-order valence-corrected chi connectivity index (χ1v) is 8.23. The van der Waals surface area contributed by atoms with Crippen LogP contribution in [0.1, 0.15) is 0 Å². The normalized spacial score (nSPS) is 10.6. The van der Waals surface area contributed by atoms with Crippen molar-refractivity contribution < 1.29 is 0 Å². The number of hydrogen-bond donors (Lipinski definition) is 2. The van der Waals surface area contributed by atoms with Crippen molar-refractivity contribution in [2.75, 3.05) is 11.5 Å². The molecule has 0 aliphatic heterocycles. The highest BCUT2D eigenvalue weighted by molar-refractivity contribution is 5.82. The van der Waals surface area contributed by atoms with E-state index < -0.39 is 0 Å². The molecule has 126 valence electrons. The topological polar surface area (TPSA) is 90.7 Å². The van der Waals surface area contributed by atoms with Crippen LogP contribution in [0, 0.1) is 0 Å². The van der Waals surface area contributed by atoms with Crippen LogP contribution in [0.5, 0.6) is 0 Å². The molecule has 26 heavy (non-hydrogen) atoms. The molecule has 0 radical (unpaired) electrons. The Morgan fingerprint density at radius 3 is 1.54 bits per heavy atom. The number of nitrogens with two attached hydrogens (primary N) is 2. The van der Waals surface area contributed by atoms with E-state index in [9.17, 15) is 0 Å². The van der Waals surface area contributed by atoms with Gasteiger partial charge in [0.05, 0.1) is 11.4 Å². The molecule has 0 saturated heterocycles. The summed E-state index contributed by atoms with van der Waals surface area (Å²) < 4.78 is 0. The molecule has 0 fully saturated rings. The molecule has 4 N–H and O–H groups in total. The fourth-order valence-corrected chi connectivity index (χ4v) is 2.71. The fourth-order valence-electron chi connectivity index (χ4n) is 2.71. The van der Waals surface area contributed by atoms with E-state index in [1.54, 1.807) is 6.07 Å². The van der Waals surface area contributed by atoms with Gasteiger partial charge in [-0.2, -0.15) is 0 Å². The Morgan fingerprint density at radius 1 is 0.500 bits per heavy atom. The largest absolute Gasteiger partial charge is 0.397 e. The van der Waals surface area contributed by atoms with Crippen LogP contribution in [0.3, 0.4) is 0 Å². The Kier molecular flexibility index (Phi) is 4.03. The lowest BCUT2D eigenvalue weighted by Crippen LogP contribution is -2.03. The summed E-state index contributed by atoms with van der Waals surface area (Å²) in [5.74, 6) is 1.69. The van der Waals surface area contributed by atoms with Crippen molar-refractivity contribution in [1.29, 1.82) is 0 Å². The van der Waals surface area contributed by atoms with Crippen LogP contribution in [-0.2, 0) is 0 Å². The van der Waals surface area contributed by atoms with Gasteiger partial charge >= 0.3 is 0 Å². The monoisotopic (exact) mass is 339 g/mol. The number of anilines is 2. The van der Waals surface area contributed by atoms with Gasteiger partial charge in [-0.05, 0) is 12.1 Å². The van der Waals surface area contributed by atoms with Gasteiger partial charge in [0.25, 0.3) is 0 Å². The van der Waals surface area contributed by atoms with E-state index in [4.69, 9.17) is 11.5 Å². The predicted molar refractivity (Wildman–Crippen MR) is 105 cm³/mol. The van der Waals surface area contributed by atoms with Crippen LogP contribution in [-0.4, -0.2) is 15.0 Å². The average Bonchev–Trinajstić information content (AvgIpc) is 2.71. The van der Waals surface area contributed by atoms with Gasteiger partial charge in [0.1, 0.15) is 0 Å². The van der Waals surface area contributed by atoms with Crippen LogP contribution in [0.25, 0.3) is 34.2 Å². The molecule has 4 aromatic rings. The molecular weight excluding hydrogens is 322 g/mol. The molecule has 0 aliphatic carbocycles. The van der Waals surface area contributed by atoms with Crippen molar-refractivity contribution in [2.45, 2.75) is 0 Å². The molecule has 0 saturated carbocycles. The molecule has 3 aromatic carbocycles. The van der Waals surface area contributed by atoms with Crippen molar-refractivity contribution in [3.63, 3.8) is 0 Å². The third-order valence-corrected chi connectivity index (χ3v) is 4.08. The molecule has 1 aromatic heterocycles. The number of para-hydroxylation sites is 1. The van der Waals surface area contributed by atoms with Gasteiger partial charge in [-0.25, -0.2) is 15.0 Å². The summed E-state index contributed by atoms with van der Waals surface area (Å²) in [7, 11) is 0. The number of nitrogen functional groups attached to an aromatic ring is 2. The van der Waals surface area contributed by atoms with Gasteiger partial charge in [0, 0.05) is 16.7 Å². The highest BCUT2D eigenvalue weighted by Crippen LogP contribution is 2.30. The Morgan fingerprint density at radius 2 is 1.00 bits per heavy atom. The summed E-state index contributed by atoms with van der Waals surface area (Å²) in [5.41, 5.74) is 15.6. The van der Waals surface area contributed by atoms with Crippen LogP contribution in [0.4, 0.5) is 11.4 Å². The van der Waals surface area contributed by atoms with Gasteiger partial charge in [0.2, 0.25) is 0 Å². The van der Waals surface area contributed by atoms with Gasteiger partial charge in [-0.3, -0.25) is 0 Å². The smallest absolute Gasteiger partial charge is 0.166 e. The molecule has 5 nitrogen and oxygen atoms in total. The van der Waals surface area contributed by atoms with Crippen molar-refractivity contribution in [1.82, 2.24) is 15.0 Å². The molecule has 4 rings (SSSR count). The van der Waals surface area contributed by atoms with Crippen LogP contribution in [0.2, 0.25) is 0 Å². The number of hydrogen-bond acceptors (Lipinski definition) is 5. The minimum atomic E-state index is 0.469. The van der Waals surface area contributed by atoms with Crippen molar-refractivity contribution in [2.24, 2.45) is 0 Å². The van der Waals surface area contributed by atoms with Crippen molar-refractivity contribution >= 4 is 11.4 Å². The zero-order valence-electron chi connectivity index (χ0n) is 14.0. The maximum absolute atomic E-state index is 6.17. The Balaban J connectivity index is 1.95. The van der Waals surface area contributed by atoms with E-state index in [0.29, 0.717) is 34.4 Å². The lowest BCUT2D eigenvalue weighted by Gasteiger charge is -2.10. The Bertz CT molecular complexity index is 989. The number of nitrogens with zero attached hydrogens (tertiary/aromatic N) is 3. The highest BCUT2D eigenvalue weighted by Gasteiger charge is 2.14. The summed E-state index contributed by atoms with van der Waals surface area (Å²) in [6.45, 7) is 0. The van der Waals surface area contributed by atoms with Crippen LogP contribution in [0.15, 0.2) is 78.9 Å². The van der Waals surface area contributed by atoms with Gasteiger partial charge < -0.3 is 11.5 Å². The second-order valence-corrected chi connectivity index (χ2v) is 5.85. The summed E-state index contributed by atoms with van der Waals surface area (Å²) in [4.78, 5) is 13.9. The molecule has 0 atom stereocenters. The molecule has 1 heterocycles. The van der Waals surface area contributed by atoms with E-state index in [2.05, 4.69) is 15.0 Å². The van der Waals surface area contributed by atoms with E-state index >= 15 is 0 Å². The number of rotatable bonds is 3. The first kappa shape index (κ1) is 15.8. The fraction of sp³-hybridized carbons (Fsp3) is 0. The van der Waals surface area contributed by atoms with E-state index in [0.717, 1.165) is 11.1 Å². The van der Waals surface area contributed by atoms with E-state index in [1.165, 1.54) is 0 Å². The summed E-state index contributed by atoms with van der Waals surface area (Å²) >= 11 is 0. The first-order chi connectivity index (χ1) is 12.7. The Labute approximate surface area is 151 Å². The minimum Gasteiger partial charge on any atom is -0.397 e.